The lowest BCUT2D eigenvalue weighted by atomic mass is 9.81. The lowest BCUT2D eigenvalue weighted by Gasteiger charge is -2.32. The van der Waals surface area contributed by atoms with E-state index >= 15 is 0 Å². The van der Waals surface area contributed by atoms with Gasteiger partial charge in [-0.25, -0.2) is 0 Å². The molecular formula is C28H32N2O3. The molecule has 1 atom stereocenters. The Morgan fingerprint density at radius 3 is 2.42 bits per heavy atom. The second-order valence-electron chi connectivity index (χ2n) is 8.67. The maximum Gasteiger partial charge on any atom is 0.234 e. The number of fused-ring (bicyclic) bond motifs is 1. The predicted octanol–water partition coefficient (Wildman–Crippen LogP) is 5.42. The van der Waals surface area contributed by atoms with Crippen LogP contribution in [0.4, 0.5) is 11.4 Å². The Morgan fingerprint density at radius 2 is 1.73 bits per heavy atom. The molecule has 0 fully saturated rings. The number of nitrogens with zero attached hydrogens (tertiary/aromatic N) is 2. The van der Waals surface area contributed by atoms with Crippen molar-refractivity contribution in [1.82, 2.24) is 0 Å². The number of amides is 1. The summed E-state index contributed by atoms with van der Waals surface area (Å²) in [5, 5.41) is 0. The van der Waals surface area contributed by atoms with Crippen LogP contribution in [-0.4, -0.2) is 34.2 Å². The zero-order valence-corrected chi connectivity index (χ0v) is 19.9. The number of aryl methyl sites for hydroxylation is 1. The summed E-state index contributed by atoms with van der Waals surface area (Å²) in [4.78, 5) is 18.1. The Bertz CT molecular complexity index is 1110. The molecule has 3 aromatic rings. The lowest BCUT2D eigenvalue weighted by molar-refractivity contribution is -0.120. The number of methoxy groups -OCH3 is 2. The largest absolute Gasteiger partial charge is 0.497 e. The van der Waals surface area contributed by atoms with E-state index in [0.717, 1.165) is 47.5 Å². The third-order valence-electron chi connectivity index (χ3n) is 6.40. The van der Waals surface area contributed by atoms with Crippen molar-refractivity contribution in [2.24, 2.45) is 0 Å². The normalized spacial score (nSPS) is 14.8. The fourth-order valence-electron chi connectivity index (χ4n) is 4.57. The predicted molar refractivity (Wildman–Crippen MR) is 134 cm³/mol. The van der Waals surface area contributed by atoms with Gasteiger partial charge in [0.25, 0.3) is 0 Å². The van der Waals surface area contributed by atoms with Crippen LogP contribution in [0.1, 0.15) is 35.4 Å². The Labute approximate surface area is 196 Å². The van der Waals surface area contributed by atoms with Gasteiger partial charge in [0.2, 0.25) is 5.91 Å². The zero-order chi connectivity index (χ0) is 23.4. The molecule has 0 spiro atoms. The lowest BCUT2D eigenvalue weighted by Crippen LogP contribution is -2.36. The number of ether oxygens (including phenoxy) is 2. The van der Waals surface area contributed by atoms with E-state index in [9.17, 15) is 4.79 Å². The van der Waals surface area contributed by atoms with Crippen LogP contribution in [0.3, 0.4) is 0 Å². The minimum Gasteiger partial charge on any atom is -0.497 e. The van der Waals surface area contributed by atoms with Crippen LogP contribution >= 0.6 is 0 Å². The van der Waals surface area contributed by atoms with Gasteiger partial charge in [-0.15, -0.1) is 0 Å². The van der Waals surface area contributed by atoms with E-state index < -0.39 is 0 Å². The molecule has 172 valence electrons. The van der Waals surface area contributed by atoms with Crippen molar-refractivity contribution in [1.29, 1.82) is 0 Å². The highest BCUT2D eigenvalue weighted by Gasteiger charge is 2.32. The number of benzene rings is 3. The van der Waals surface area contributed by atoms with Gasteiger partial charge in [-0.2, -0.15) is 0 Å². The number of hydrogen-bond donors (Lipinski definition) is 0. The number of hydrogen-bond acceptors (Lipinski definition) is 4. The fourth-order valence-corrected chi connectivity index (χ4v) is 4.57. The number of para-hydroxylation sites is 2. The van der Waals surface area contributed by atoms with Gasteiger partial charge in [0.15, 0.2) is 0 Å². The third-order valence-corrected chi connectivity index (χ3v) is 6.40. The summed E-state index contributed by atoms with van der Waals surface area (Å²) in [5.41, 5.74) is 5.30. The summed E-state index contributed by atoms with van der Waals surface area (Å²) in [7, 11) is 7.36. The van der Waals surface area contributed by atoms with Crippen LogP contribution < -0.4 is 19.3 Å². The second-order valence-corrected chi connectivity index (χ2v) is 8.67. The van der Waals surface area contributed by atoms with Gasteiger partial charge in [-0.1, -0.05) is 30.3 Å². The molecule has 1 amide bonds. The highest BCUT2D eigenvalue weighted by atomic mass is 16.5. The van der Waals surface area contributed by atoms with Gasteiger partial charge in [-0.05, 0) is 72.4 Å². The molecule has 0 heterocycles. The van der Waals surface area contributed by atoms with Crippen molar-refractivity contribution in [3.63, 3.8) is 0 Å². The molecule has 1 unspecified atom stereocenters. The maximum absolute atomic E-state index is 14.1. The first kappa shape index (κ1) is 22.7. The van der Waals surface area contributed by atoms with Crippen LogP contribution in [0.25, 0.3) is 0 Å². The molecule has 3 aromatic carbocycles. The van der Waals surface area contributed by atoms with Gasteiger partial charge in [0.1, 0.15) is 11.5 Å². The average Bonchev–Trinajstić information content (AvgIpc) is 2.86. The summed E-state index contributed by atoms with van der Waals surface area (Å²) < 4.78 is 11.1. The quantitative estimate of drug-likeness (QED) is 0.488. The molecule has 0 saturated heterocycles. The molecule has 33 heavy (non-hydrogen) atoms. The van der Waals surface area contributed by atoms with Crippen molar-refractivity contribution in [2.75, 3.05) is 38.1 Å². The van der Waals surface area contributed by atoms with Gasteiger partial charge < -0.3 is 19.3 Å². The molecular weight excluding hydrogens is 412 g/mol. The van der Waals surface area contributed by atoms with Crippen molar-refractivity contribution < 1.29 is 14.3 Å². The summed E-state index contributed by atoms with van der Waals surface area (Å²) in [6.45, 7) is 0.475. The molecule has 5 nitrogen and oxygen atoms in total. The topological polar surface area (TPSA) is 42.0 Å². The Hall–Kier alpha value is -3.47. The monoisotopic (exact) mass is 444 g/mol. The zero-order valence-electron chi connectivity index (χ0n) is 19.9. The highest BCUT2D eigenvalue weighted by Crippen LogP contribution is 2.38. The van der Waals surface area contributed by atoms with E-state index in [1.807, 2.05) is 55.4 Å². The minimum atomic E-state index is -0.213. The maximum atomic E-state index is 14.1. The van der Waals surface area contributed by atoms with E-state index in [0.29, 0.717) is 12.3 Å². The van der Waals surface area contributed by atoms with Crippen molar-refractivity contribution in [3.05, 3.63) is 83.4 Å². The van der Waals surface area contributed by atoms with Crippen LogP contribution in [0.5, 0.6) is 11.5 Å². The summed E-state index contributed by atoms with van der Waals surface area (Å²) in [5.74, 6) is 1.36. The number of anilines is 2. The number of carbonyl (C=O) groups excluding carboxylic acids is 1. The van der Waals surface area contributed by atoms with E-state index in [4.69, 9.17) is 9.47 Å². The molecule has 0 radical (unpaired) electrons. The van der Waals surface area contributed by atoms with E-state index in [2.05, 4.69) is 35.2 Å². The van der Waals surface area contributed by atoms with E-state index in [1.165, 1.54) is 5.56 Å². The van der Waals surface area contributed by atoms with Crippen LogP contribution in [-0.2, 0) is 17.8 Å². The van der Waals surface area contributed by atoms with E-state index in [1.54, 1.807) is 14.2 Å². The minimum absolute atomic E-state index is 0.0883. The Morgan fingerprint density at radius 1 is 0.970 bits per heavy atom. The molecule has 0 bridgehead atoms. The molecule has 1 aliphatic rings. The van der Waals surface area contributed by atoms with Crippen molar-refractivity contribution in [2.45, 2.75) is 31.7 Å². The van der Waals surface area contributed by atoms with E-state index in [-0.39, 0.29) is 11.8 Å². The first-order valence-electron chi connectivity index (χ1n) is 11.4. The smallest absolute Gasteiger partial charge is 0.234 e. The van der Waals surface area contributed by atoms with Crippen molar-refractivity contribution in [3.8, 4) is 11.5 Å². The standard InChI is InChI=1S/C28H32N2O3/c1-29(2)22-15-12-20(13-16-22)19-30(26-10-5-6-11-27(26)33-4)28(31)24-9-7-8-21-14-17-23(32-3)18-25(21)24/h5-6,10-18,24H,7-9,19H2,1-4H3. The third kappa shape index (κ3) is 4.82. The van der Waals surface area contributed by atoms with Gasteiger partial charge in [-0.3, -0.25) is 4.79 Å². The van der Waals surface area contributed by atoms with Crippen molar-refractivity contribution >= 4 is 17.3 Å². The van der Waals surface area contributed by atoms with Crippen LogP contribution in [0.2, 0.25) is 0 Å². The Kier molecular flexibility index (Phi) is 6.87. The SMILES string of the molecule is COc1ccc2c(c1)C(C(=O)N(Cc1ccc(N(C)C)cc1)c1ccccc1OC)CCC2. The van der Waals surface area contributed by atoms with Gasteiger partial charge >= 0.3 is 0 Å². The number of rotatable bonds is 7. The van der Waals surface area contributed by atoms with Crippen LogP contribution in [0, 0.1) is 0 Å². The molecule has 0 saturated carbocycles. The summed E-state index contributed by atoms with van der Waals surface area (Å²) >= 11 is 0. The average molecular weight is 445 g/mol. The van der Waals surface area contributed by atoms with Gasteiger partial charge in [0.05, 0.1) is 32.4 Å². The summed E-state index contributed by atoms with van der Waals surface area (Å²) in [6, 6.07) is 22.2. The molecule has 0 N–H and O–H groups in total. The number of carbonyl (C=O) groups is 1. The molecule has 4 rings (SSSR count). The summed E-state index contributed by atoms with van der Waals surface area (Å²) in [6.07, 6.45) is 2.81. The first-order valence-corrected chi connectivity index (χ1v) is 11.4. The Balaban J connectivity index is 1.73. The molecule has 0 aromatic heterocycles. The molecule has 0 aliphatic heterocycles. The first-order chi connectivity index (χ1) is 16.0. The van der Waals surface area contributed by atoms with Gasteiger partial charge in [0, 0.05) is 19.8 Å². The highest BCUT2D eigenvalue weighted by molar-refractivity contribution is 5.99. The van der Waals surface area contributed by atoms with Crippen LogP contribution in [0.15, 0.2) is 66.7 Å². The molecule has 1 aliphatic carbocycles. The fraction of sp³-hybridized carbons (Fsp3) is 0.321. The second kappa shape index (κ2) is 9.99. The molecule has 5 heteroatoms.